The summed E-state index contributed by atoms with van der Waals surface area (Å²) in [7, 11) is 6.73. The second-order valence-corrected chi connectivity index (χ2v) is 15.7. The summed E-state index contributed by atoms with van der Waals surface area (Å²) < 4.78 is 2.50. The van der Waals surface area contributed by atoms with Crippen LogP contribution in [0.2, 0.25) is 0 Å². The van der Waals surface area contributed by atoms with Crippen LogP contribution in [-0.4, -0.2) is 56.6 Å². The molecule has 2 N–H and O–H groups in total. The lowest BCUT2D eigenvalue weighted by molar-refractivity contribution is 0.179. The van der Waals surface area contributed by atoms with E-state index in [9.17, 15) is 5.11 Å². The Morgan fingerprint density at radius 3 is 2.31 bits per heavy atom. The molecule has 0 saturated heterocycles. The van der Waals surface area contributed by atoms with Crippen molar-refractivity contribution in [3.05, 3.63) is 134 Å². The summed E-state index contributed by atoms with van der Waals surface area (Å²) in [6.45, 7) is 8.45. The van der Waals surface area contributed by atoms with Crippen LogP contribution in [0.15, 0.2) is 66.9 Å². The molecule has 3 aromatic carbocycles. The van der Waals surface area contributed by atoms with Crippen molar-refractivity contribution in [2.24, 2.45) is 7.05 Å². The minimum atomic E-state index is -0.546. The standard InChI is InChI=1S/C45H53N5O/c1-29-21-36(44-37(22-29)39-27-48(3)19-16-41(39)47-44)26-43(51)34-13-11-31(12-14-34)9-10-33-24-35(8-6-7-32-15-18-46-30(2)23-32)45-38(25-33)40-28-49(4)20-17-42(40)50(45)5/h11-15,18,21-25,43,47,51H,6-10,16-17,19-20,26-28H2,1-5H3. The molecule has 0 amide bonds. The maximum absolute atomic E-state index is 11.4. The van der Waals surface area contributed by atoms with E-state index in [1.54, 1.807) is 0 Å². The third-order valence-corrected chi connectivity index (χ3v) is 11.7. The van der Waals surface area contributed by atoms with Crippen LogP contribution in [0.4, 0.5) is 0 Å². The predicted molar refractivity (Wildman–Crippen MR) is 210 cm³/mol. The summed E-state index contributed by atoms with van der Waals surface area (Å²) in [6, 6.07) is 22.7. The molecule has 0 aliphatic carbocycles. The number of hydrogen-bond donors (Lipinski definition) is 2. The van der Waals surface area contributed by atoms with E-state index in [-0.39, 0.29) is 0 Å². The highest BCUT2D eigenvalue weighted by molar-refractivity contribution is 5.90. The molecule has 5 heterocycles. The summed E-state index contributed by atoms with van der Waals surface area (Å²) in [5.74, 6) is 0. The first kappa shape index (κ1) is 33.9. The van der Waals surface area contributed by atoms with Gasteiger partial charge in [-0.2, -0.15) is 0 Å². The molecular weight excluding hydrogens is 627 g/mol. The largest absolute Gasteiger partial charge is 0.388 e. The van der Waals surface area contributed by atoms with Gasteiger partial charge in [-0.15, -0.1) is 0 Å². The van der Waals surface area contributed by atoms with Gasteiger partial charge >= 0.3 is 0 Å². The van der Waals surface area contributed by atoms with Gasteiger partial charge in [0, 0.05) is 92.1 Å². The molecule has 0 fully saturated rings. The average molecular weight is 680 g/mol. The van der Waals surface area contributed by atoms with Gasteiger partial charge in [0.1, 0.15) is 0 Å². The first-order valence-corrected chi connectivity index (χ1v) is 19.0. The predicted octanol–water partition coefficient (Wildman–Crippen LogP) is 7.88. The number of nitrogens with zero attached hydrogens (tertiary/aromatic N) is 4. The number of fused-ring (bicyclic) bond motifs is 6. The Labute approximate surface area is 303 Å². The van der Waals surface area contributed by atoms with E-state index in [1.807, 2.05) is 6.20 Å². The maximum atomic E-state index is 11.4. The number of pyridine rings is 1. The number of hydrogen-bond acceptors (Lipinski definition) is 4. The normalized spacial score (nSPS) is 15.8. The van der Waals surface area contributed by atoms with E-state index in [0.29, 0.717) is 6.42 Å². The average Bonchev–Trinajstić information content (AvgIpc) is 3.61. The Morgan fingerprint density at radius 2 is 1.51 bits per heavy atom. The lowest BCUT2D eigenvalue weighted by Crippen LogP contribution is -2.26. The van der Waals surface area contributed by atoms with Crippen molar-refractivity contribution in [2.75, 3.05) is 27.2 Å². The minimum absolute atomic E-state index is 0.546. The minimum Gasteiger partial charge on any atom is -0.388 e. The van der Waals surface area contributed by atoms with Crippen LogP contribution >= 0.6 is 0 Å². The van der Waals surface area contributed by atoms with Crippen molar-refractivity contribution in [1.29, 1.82) is 0 Å². The first-order valence-electron chi connectivity index (χ1n) is 19.0. The highest BCUT2D eigenvalue weighted by atomic mass is 16.3. The van der Waals surface area contributed by atoms with E-state index in [2.05, 4.69) is 120 Å². The second kappa shape index (κ2) is 14.1. The molecule has 6 aromatic rings. The zero-order valence-electron chi connectivity index (χ0n) is 31.1. The number of aromatic nitrogens is 3. The van der Waals surface area contributed by atoms with Gasteiger partial charge in [-0.05, 0) is 129 Å². The highest BCUT2D eigenvalue weighted by Crippen LogP contribution is 2.35. The molecule has 2 aliphatic heterocycles. The molecule has 0 spiro atoms. The maximum Gasteiger partial charge on any atom is 0.0831 e. The van der Waals surface area contributed by atoms with Crippen molar-refractivity contribution in [3.63, 3.8) is 0 Å². The van der Waals surface area contributed by atoms with Gasteiger partial charge in [0.15, 0.2) is 0 Å². The van der Waals surface area contributed by atoms with Gasteiger partial charge < -0.3 is 24.5 Å². The summed E-state index contributed by atoms with van der Waals surface area (Å²) in [4.78, 5) is 13.0. The Kier molecular flexibility index (Phi) is 9.34. The van der Waals surface area contributed by atoms with Gasteiger partial charge in [0.2, 0.25) is 0 Å². The van der Waals surface area contributed by atoms with Crippen molar-refractivity contribution in [3.8, 4) is 0 Å². The lowest BCUT2D eigenvalue weighted by atomic mass is 9.94. The topological polar surface area (TPSA) is 60.3 Å². The SMILES string of the molecule is Cc1cc(CC(O)c2ccc(CCc3cc(CCCc4ccnc(C)c4)c4c(c3)c3c(n4C)CCN(C)C3)cc2)c2[nH]c3c(c2c1)CN(C)CC3. The molecule has 264 valence electrons. The van der Waals surface area contributed by atoms with E-state index in [0.717, 1.165) is 82.4 Å². The molecule has 3 aromatic heterocycles. The second-order valence-electron chi connectivity index (χ2n) is 15.7. The van der Waals surface area contributed by atoms with Crippen molar-refractivity contribution in [2.45, 2.75) is 84.4 Å². The molecule has 0 saturated carbocycles. The summed E-state index contributed by atoms with van der Waals surface area (Å²) in [5.41, 5.74) is 18.6. The third-order valence-electron chi connectivity index (χ3n) is 11.7. The van der Waals surface area contributed by atoms with Crippen LogP contribution in [0, 0.1) is 13.8 Å². The van der Waals surface area contributed by atoms with Crippen LogP contribution in [0.25, 0.3) is 21.8 Å². The first-order chi connectivity index (χ1) is 24.7. The summed E-state index contributed by atoms with van der Waals surface area (Å²) >= 11 is 0. The number of rotatable bonds is 10. The molecular formula is C45H53N5O. The van der Waals surface area contributed by atoms with E-state index < -0.39 is 6.10 Å². The molecule has 6 nitrogen and oxygen atoms in total. The van der Waals surface area contributed by atoms with Crippen molar-refractivity contribution >= 4 is 21.8 Å². The summed E-state index contributed by atoms with van der Waals surface area (Å²) in [5, 5.41) is 14.2. The van der Waals surface area contributed by atoms with Crippen LogP contribution in [-0.2, 0) is 65.1 Å². The zero-order valence-corrected chi connectivity index (χ0v) is 31.1. The number of H-pyrrole nitrogens is 1. The van der Waals surface area contributed by atoms with E-state index in [4.69, 9.17) is 0 Å². The smallest absolute Gasteiger partial charge is 0.0831 e. The molecule has 1 unspecified atom stereocenters. The van der Waals surface area contributed by atoms with Crippen molar-refractivity contribution < 1.29 is 5.11 Å². The number of nitrogens with one attached hydrogen (secondary N) is 1. The quantitative estimate of drug-likeness (QED) is 0.155. The third kappa shape index (κ3) is 6.90. The number of benzene rings is 3. The van der Waals surface area contributed by atoms with Gasteiger partial charge in [-0.25, -0.2) is 0 Å². The molecule has 2 aliphatic rings. The van der Waals surface area contributed by atoms with Crippen LogP contribution in [0.3, 0.4) is 0 Å². The van der Waals surface area contributed by atoms with E-state index in [1.165, 1.54) is 77.7 Å². The number of aliphatic hydroxyl groups excluding tert-OH is 1. The van der Waals surface area contributed by atoms with Crippen LogP contribution in [0.1, 0.15) is 79.7 Å². The number of aryl methyl sites for hydroxylation is 7. The summed E-state index contributed by atoms with van der Waals surface area (Å²) in [6.07, 6.45) is 9.40. The monoisotopic (exact) mass is 679 g/mol. The Bertz CT molecular complexity index is 2210. The van der Waals surface area contributed by atoms with Crippen LogP contribution < -0.4 is 0 Å². The van der Waals surface area contributed by atoms with Gasteiger partial charge in [0.25, 0.3) is 0 Å². The Balaban J connectivity index is 0.993. The molecule has 51 heavy (non-hydrogen) atoms. The molecule has 1 atom stereocenters. The molecule has 0 bridgehead atoms. The number of aromatic amines is 1. The van der Waals surface area contributed by atoms with Crippen LogP contribution in [0.5, 0.6) is 0 Å². The number of aliphatic hydroxyl groups is 1. The fourth-order valence-corrected chi connectivity index (χ4v) is 8.96. The van der Waals surface area contributed by atoms with Gasteiger partial charge in [-0.3, -0.25) is 4.98 Å². The fraction of sp³-hybridized carbons (Fsp3) is 0.400. The molecule has 0 radical (unpaired) electrons. The number of likely N-dealkylation sites (N-methyl/N-ethyl adjacent to an activating group) is 2. The van der Waals surface area contributed by atoms with Crippen molar-refractivity contribution in [1.82, 2.24) is 24.3 Å². The lowest BCUT2D eigenvalue weighted by Gasteiger charge is -2.23. The fourth-order valence-electron chi connectivity index (χ4n) is 8.96. The molecule has 8 rings (SSSR count). The van der Waals surface area contributed by atoms with Gasteiger partial charge in [-0.1, -0.05) is 42.0 Å². The molecule has 6 heteroatoms. The van der Waals surface area contributed by atoms with Gasteiger partial charge in [0.05, 0.1) is 11.6 Å². The zero-order chi connectivity index (χ0) is 35.2. The Hall–Kier alpha value is -4.23. The van der Waals surface area contributed by atoms with E-state index >= 15 is 0 Å². The Morgan fingerprint density at radius 1 is 0.745 bits per heavy atom. The highest BCUT2D eigenvalue weighted by Gasteiger charge is 2.24.